The van der Waals surface area contributed by atoms with Crippen molar-refractivity contribution >= 4 is 58.3 Å². The van der Waals surface area contributed by atoms with Crippen LogP contribution in [0.15, 0.2) is 30.6 Å². The predicted molar refractivity (Wildman–Crippen MR) is 173 cm³/mol. The fourth-order valence-corrected chi connectivity index (χ4v) is 7.66. The van der Waals surface area contributed by atoms with Crippen LogP contribution in [0.5, 0.6) is 5.75 Å². The molecule has 2 aliphatic rings. The van der Waals surface area contributed by atoms with Crippen LogP contribution in [0.1, 0.15) is 45.8 Å². The van der Waals surface area contributed by atoms with Gasteiger partial charge in [0.15, 0.2) is 23.2 Å². The summed E-state index contributed by atoms with van der Waals surface area (Å²) < 4.78 is 61.9. The zero-order valence-corrected chi connectivity index (χ0v) is 29.0. The molecule has 2 fully saturated rings. The molecule has 2 aromatic heterocycles. The van der Waals surface area contributed by atoms with E-state index in [2.05, 4.69) is 24.9 Å². The minimum Gasteiger partial charge on any atom is -0.461 e. The van der Waals surface area contributed by atoms with Crippen LogP contribution in [0.25, 0.3) is 11.2 Å². The minimum absolute atomic E-state index is 0.00619. The van der Waals surface area contributed by atoms with E-state index in [-0.39, 0.29) is 34.8 Å². The summed E-state index contributed by atoms with van der Waals surface area (Å²) in [6, 6.07) is 4.82. The Morgan fingerprint density at radius 3 is 2.60 bits per heavy atom. The lowest BCUT2D eigenvalue weighted by atomic mass is 9.96. The van der Waals surface area contributed by atoms with E-state index >= 15 is 0 Å². The van der Waals surface area contributed by atoms with Crippen molar-refractivity contribution in [1.82, 2.24) is 29.4 Å². The number of fused-ring (bicyclic) bond motifs is 1. The van der Waals surface area contributed by atoms with Crippen molar-refractivity contribution in [1.29, 1.82) is 0 Å². The number of halogens is 1. The summed E-state index contributed by atoms with van der Waals surface area (Å²) in [7, 11) is -6.69. The van der Waals surface area contributed by atoms with E-state index in [1.807, 2.05) is 0 Å². The Bertz CT molecular complexity index is 1790. The molecular weight excluding hydrogens is 695 g/mol. The minimum atomic E-state index is -4.38. The second-order valence-electron chi connectivity index (χ2n) is 11.9. The quantitative estimate of drug-likeness (QED) is 0.0953. The maximum atomic E-state index is 14.1. The molecule has 3 unspecified atom stereocenters. The average Bonchev–Trinajstić information content (AvgIpc) is 3.71. The van der Waals surface area contributed by atoms with Gasteiger partial charge in [0.1, 0.15) is 35.7 Å². The summed E-state index contributed by atoms with van der Waals surface area (Å²) in [5, 5.41) is 26.7. The molecule has 1 saturated carbocycles. The Hall–Kier alpha value is -3.13. The molecule has 1 saturated heterocycles. The Balaban J connectivity index is 1.37. The van der Waals surface area contributed by atoms with E-state index in [9.17, 15) is 28.0 Å². The van der Waals surface area contributed by atoms with Gasteiger partial charge in [0, 0.05) is 12.1 Å². The number of hydrogen-bond donors (Lipinski definition) is 5. The van der Waals surface area contributed by atoms with Crippen LogP contribution in [-0.4, -0.2) is 94.0 Å². The SMILES string of the molecule is CC(NP(=O)(OC[C@H]1OC(n2cnc3c(N(C)NS(C)(=O)=O)nc(N)nc32)[C@](C)(O)[C@@H]1O)Oc1ccc(Cl)cc1)C(=O)OC1CCCC1. The maximum absolute atomic E-state index is 14.1. The number of nitrogens with zero attached hydrogens (tertiary/aromatic N) is 5. The van der Waals surface area contributed by atoms with E-state index in [0.717, 1.165) is 36.9 Å². The van der Waals surface area contributed by atoms with Gasteiger partial charge in [0.2, 0.25) is 16.0 Å². The smallest absolute Gasteiger partial charge is 0.459 e. The van der Waals surface area contributed by atoms with Gasteiger partial charge in [-0.3, -0.25) is 18.9 Å². The Morgan fingerprint density at radius 2 is 1.96 bits per heavy atom. The van der Waals surface area contributed by atoms with Gasteiger partial charge in [-0.1, -0.05) is 11.6 Å². The number of aromatic nitrogens is 4. The van der Waals surface area contributed by atoms with Crippen molar-refractivity contribution in [3.05, 3.63) is 35.6 Å². The van der Waals surface area contributed by atoms with E-state index in [0.29, 0.717) is 5.02 Å². The highest BCUT2D eigenvalue weighted by Gasteiger charge is 2.54. The van der Waals surface area contributed by atoms with Gasteiger partial charge < -0.3 is 29.9 Å². The average molecular weight is 733 g/mol. The molecule has 18 nitrogen and oxygen atoms in total. The van der Waals surface area contributed by atoms with Crippen molar-refractivity contribution in [2.24, 2.45) is 0 Å². The van der Waals surface area contributed by atoms with E-state index in [1.54, 1.807) is 0 Å². The number of nitrogens with two attached hydrogens (primary N) is 1. The molecule has 1 aliphatic heterocycles. The molecule has 48 heavy (non-hydrogen) atoms. The Kier molecular flexibility index (Phi) is 10.6. The third kappa shape index (κ3) is 8.18. The first-order valence-electron chi connectivity index (χ1n) is 14.9. The molecule has 21 heteroatoms. The Morgan fingerprint density at radius 1 is 1.29 bits per heavy atom. The van der Waals surface area contributed by atoms with Gasteiger partial charge in [0.05, 0.1) is 19.2 Å². The van der Waals surface area contributed by atoms with Crippen molar-refractivity contribution in [3.63, 3.8) is 0 Å². The summed E-state index contributed by atoms with van der Waals surface area (Å²) in [5.41, 5.74) is 4.07. The van der Waals surface area contributed by atoms with E-state index in [1.165, 1.54) is 56.1 Å². The number of nitrogens with one attached hydrogen (secondary N) is 2. The molecule has 6 atom stereocenters. The number of benzene rings is 1. The van der Waals surface area contributed by atoms with Crippen molar-refractivity contribution in [2.75, 3.05) is 30.7 Å². The normalized spacial score (nSPS) is 25.2. The first-order chi connectivity index (χ1) is 22.5. The lowest BCUT2D eigenvalue weighted by Gasteiger charge is -2.27. The second-order valence-corrected chi connectivity index (χ2v) is 15.7. The third-order valence-corrected chi connectivity index (χ3v) is 10.3. The molecule has 264 valence electrons. The fourth-order valence-electron chi connectivity index (χ4n) is 5.45. The largest absolute Gasteiger partial charge is 0.461 e. The highest BCUT2D eigenvalue weighted by atomic mass is 35.5. The van der Waals surface area contributed by atoms with Crippen LogP contribution < -0.4 is 25.2 Å². The van der Waals surface area contributed by atoms with Crippen LogP contribution in [-0.2, 0) is 33.4 Å². The number of esters is 1. The number of nitrogen functional groups attached to an aromatic ring is 1. The van der Waals surface area contributed by atoms with Gasteiger partial charge in [-0.2, -0.15) is 15.1 Å². The van der Waals surface area contributed by atoms with Gasteiger partial charge in [-0.25, -0.2) is 18.0 Å². The topological polar surface area (TPSA) is 243 Å². The molecule has 3 aromatic rings. The Labute approximate surface area is 281 Å². The zero-order chi connectivity index (χ0) is 35.0. The molecule has 6 N–H and O–H groups in total. The van der Waals surface area contributed by atoms with Crippen LogP contribution in [0, 0.1) is 0 Å². The fraction of sp³-hybridized carbons (Fsp3) is 0.556. The van der Waals surface area contributed by atoms with Crippen LogP contribution in [0.2, 0.25) is 5.02 Å². The van der Waals surface area contributed by atoms with Gasteiger partial charge >= 0.3 is 13.7 Å². The highest BCUT2D eigenvalue weighted by molar-refractivity contribution is 7.88. The van der Waals surface area contributed by atoms with Gasteiger partial charge in [0.25, 0.3) is 0 Å². The number of rotatable bonds is 13. The molecule has 0 radical (unpaired) electrons. The van der Waals surface area contributed by atoms with Crippen LogP contribution in [0.3, 0.4) is 0 Å². The number of sulfonamides is 1. The lowest BCUT2D eigenvalue weighted by Crippen LogP contribution is -2.44. The molecule has 0 spiro atoms. The number of anilines is 2. The zero-order valence-electron chi connectivity index (χ0n) is 26.5. The first kappa shape index (κ1) is 36.2. The van der Waals surface area contributed by atoms with E-state index in [4.69, 9.17) is 35.9 Å². The third-order valence-electron chi connectivity index (χ3n) is 7.79. The molecule has 5 rings (SSSR count). The summed E-state index contributed by atoms with van der Waals surface area (Å²) in [4.78, 5) is 27.6. The van der Waals surface area contributed by atoms with Crippen LogP contribution >= 0.6 is 19.3 Å². The standard InChI is InChI=1S/C27H38ClN8O10PS/c1-15(24(38)44-17-7-5-6-8-17)33-47(40,46-18-11-9-16(28)10-12-18)43-13-19-21(37)27(2,39)25(45-19)36-14-30-20-22(31-26(29)32-23(20)36)35(3)34-48(4,41)42/h9-12,14-15,17,19,21,25,34,37,39H,5-8,13H2,1-4H3,(H,33,40)(H2,29,31,32)/t15?,19-,21-,25?,27-,47?/m1/s1. The highest BCUT2D eigenvalue weighted by Crippen LogP contribution is 2.47. The van der Waals surface area contributed by atoms with Crippen LogP contribution in [0.4, 0.5) is 11.8 Å². The van der Waals surface area contributed by atoms with E-state index < -0.39 is 60.4 Å². The molecule has 0 bridgehead atoms. The molecule has 1 aliphatic carbocycles. The number of hydrogen-bond acceptors (Lipinski definition) is 15. The van der Waals surface area contributed by atoms with Gasteiger partial charge in [-0.05, 0) is 63.8 Å². The maximum Gasteiger partial charge on any atom is 0.459 e. The number of carbonyl (C=O) groups excluding carboxylic acids is 1. The number of hydrazine groups is 1. The van der Waals surface area contributed by atoms with Crippen molar-refractivity contribution in [2.45, 2.75) is 75.7 Å². The van der Waals surface area contributed by atoms with Gasteiger partial charge in [-0.15, -0.1) is 4.83 Å². The molecule has 1 aromatic carbocycles. The number of carbonyl (C=O) groups is 1. The summed E-state index contributed by atoms with van der Waals surface area (Å²) in [5.74, 6) is -0.772. The monoisotopic (exact) mass is 732 g/mol. The molecular formula is C27H38ClN8O10PS. The predicted octanol–water partition coefficient (Wildman–Crippen LogP) is 1.64. The number of aliphatic hydroxyl groups excluding tert-OH is 1. The first-order valence-corrected chi connectivity index (χ1v) is 18.7. The molecule has 3 heterocycles. The van der Waals surface area contributed by atoms with Crippen molar-refractivity contribution < 1.29 is 46.5 Å². The summed E-state index contributed by atoms with van der Waals surface area (Å²) in [6.45, 7) is 2.18. The number of imidazole rings is 1. The number of ether oxygens (including phenoxy) is 2. The number of aliphatic hydroxyl groups is 2. The van der Waals surface area contributed by atoms with Crippen molar-refractivity contribution in [3.8, 4) is 5.75 Å². The second kappa shape index (κ2) is 14.0. The lowest BCUT2D eigenvalue weighted by molar-refractivity contribution is -0.150. The molecule has 0 amide bonds. The summed E-state index contributed by atoms with van der Waals surface area (Å²) >= 11 is 5.98. The summed E-state index contributed by atoms with van der Waals surface area (Å²) in [6.07, 6.45) is 1.11.